The molecule has 0 saturated carbocycles. The Hall–Kier alpha value is -1.37. The molecule has 0 radical (unpaired) electrons. The van der Waals surface area contributed by atoms with Crippen LogP contribution in [-0.4, -0.2) is 52.6 Å². The number of ketones is 1. The first-order chi connectivity index (χ1) is 9.38. The molecule has 1 heterocycles. The maximum absolute atomic E-state index is 12.0. The second kappa shape index (κ2) is 8.04. The Morgan fingerprint density at radius 1 is 1.35 bits per heavy atom. The van der Waals surface area contributed by atoms with Crippen molar-refractivity contribution in [1.82, 2.24) is 4.90 Å². The zero-order valence-electron chi connectivity index (χ0n) is 12.3. The van der Waals surface area contributed by atoms with E-state index in [9.17, 15) is 14.4 Å². The van der Waals surface area contributed by atoms with Crippen LogP contribution in [0.3, 0.4) is 0 Å². The van der Waals surface area contributed by atoms with Crippen molar-refractivity contribution in [3.63, 3.8) is 0 Å². The van der Waals surface area contributed by atoms with E-state index >= 15 is 0 Å². The highest BCUT2D eigenvalue weighted by Gasteiger charge is 2.52. The van der Waals surface area contributed by atoms with Crippen molar-refractivity contribution in [2.75, 3.05) is 12.4 Å². The second-order valence-corrected chi connectivity index (χ2v) is 5.65. The lowest BCUT2D eigenvalue weighted by molar-refractivity contribution is -0.156. The summed E-state index contributed by atoms with van der Waals surface area (Å²) in [5.41, 5.74) is 0. The molecular weight excluding hydrogens is 282 g/mol. The number of carbonyl (C=O) groups excluding carboxylic acids is 4. The van der Waals surface area contributed by atoms with E-state index in [1.165, 1.54) is 23.6 Å². The van der Waals surface area contributed by atoms with Crippen molar-refractivity contribution in [1.29, 1.82) is 0 Å². The third-order valence-corrected chi connectivity index (χ3v) is 4.61. The number of Topliss-reactive ketones (excluding diaryl/α,β-unsaturated/α-hetero) is 1. The number of rotatable bonds is 4. The SMILES string of the molecule is C=O.CCOC(=O)C1CSC(C)(C(C)=O)N1C(=O)CC. The van der Waals surface area contributed by atoms with Crippen LogP contribution in [0.5, 0.6) is 0 Å². The fourth-order valence-electron chi connectivity index (χ4n) is 1.95. The van der Waals surface area contributed by atoms with Crippen LogP contribution in [-0.2, 0) is 23.9 Å². The quantitative estimate of drug-likeness (QED) is 0.721. The number of ether oxygens (including phenoxy) is 1. The molecule has 1 rings (SSSR count). The molecule has 0 aliphatic carbocycles. The first-order valence-electron chi connectivity index (χ1n) is 6.31. The number of amides is 1. The summed E-state index contributed by atoms with van der Waals surface area (Å²) in [6.45, 7) is 8.83. The monoisotopic (exact) mass is 303 g/mol. The Kier molecular flexibility index (Phi) is 7.49. The van der Waals surface area contributed by atoms with Gasteiger partial charge in [0.25, 0.3) is 0 Å². The van der Waals surface area contributed by atoms with Gasteiger partial charge in [-0.15, -0.1) is 11.8 Å². The second-order valence-electron chi connectivity index (χ2n) is 4.24. The van der Waals surface area contributed by atoms with Gasteiger partial charge >= 0.3 is 5.97 Å². The fraction of sp³-hybridized carbons (Fsp3) is 0.692. The lowest BCUT2D eigenvalue weighted by Crippen LogP contribution is -2.54. The summed E-state index contributed by atoms with van der Waals surface area (Å²) in [5.74, 6) is -0.352. The van der Waals surface area contributed by atoms with Crippen LogP contribution in [0, 0.1) is 0 Å². The summed E-state index contributed by atoms with van der Waals surface area (Å²) >= 11 is 1.32. The Bertz CT molecular complexity index is 387. The summed E-state index contributed by atoms with van der Waals surface area (Å²) in [4.78, 5) is 44.0. The topological polar surface area (TPSA) is 80.8 Å². The van der Waals surface area contributed by atoms with Gasteiger partial charge in [-0.1, -0.05) is 6.92 Å². The maximum Gasteiger partial charge on any atom is 0.329 e. The average Bonchev–Trinajstić information content (AvgIpc) is 2.80. The smallest absolute Gasteiger partial charge is 0.329 e. The molecule has 1 aliphatic rings. The van der Waals surface area contributed by atoms with Crippen LogP contribution in [0.15, 0.2) is 0 Å². The van der Waals surface area contributed by atoms with Crippen LogP contribution < -0.4 is 0 Å². The molecule has 2 atom stereocenters. The molecule has 6 nitrogen and oxygen atoms in total. The van der Waals surface area contributed by atoms with E-state index in [2.05, 4.69) is 0 Å². The highest BCUT2D eigenvalue weighted by Crippen LogP contribution is 2.40. The van der Waals surface area contributed by atoms with E-state index in [4.69, 9.17) is 9.53 Å². The molecule has 0 aromatic carbocycles. The van der Waals surface area contributed by atoms with E-state index in [1.807, 2.05) is 6.79 Å². The molecule has 0 spiro atoms. The lowest BCUT2D eigenvalue weighted by Gasteiger charge is -2.34. The first-order valence-corrected chi connectivity index (χ1v) is 7.29. The van der Waals surface area contributed by atoms with Gasteiger partial charge in [0.2, 0.25) is 5.91 Å². The van der Waals surface area contributed by atoms with Gasteiger partial charge in [-0.2, -0.15) is 0 Å². The number of hydrogen-bond acceptors (Lipinski definition) is 6. The minimum atomic E-state index is -0.954. The molecule has 1 amide bonds. The number of esters is 1. The molecule has 0 bridgehead atoms. The van der Waals surface area contributed by atoms with Crippen molar-refractivity contribution in [2.45, 2.75) is 45.0 Å². The van der Waals surface area contributed by atoms with E-state index < -0.39 is 16.9 Å². The summed E-state index contributed by atoms with van der Waals surface area (Å²) < 4.78 is 4.97. The molecule has 0 N–H and O–H groups in total. The van der Waals surface area contributed by atoms with Crippen molar-refractivity contribution >= 4 is 36.2 Å². The van der Waals surface area contributed by atoms with E-state index in [0.29, 0.717) is 5.75 Å². The Balaban J connectivity index is 0.00000172. The first kappa shape index (κ1) is 18.6. The van der Waals surface area contributed by atoms with E-state index in [1.54, 1.807) is 20.8 Å². The van der Waals surface area contributed by atoms with Crippen molar-refractivity contribution in [2.24, 2.45) is 0 Å². The summed E-state index contributed by atoms with van der Waals surface area (Å²) in [7, 11) is 0. The van der Waals surface area contributed by atoms with E-state index in [-0.39, 0.29) is 24.7 Å². The van der Waals surface area contributed by atoms with Gasteiger partial charge in [-0.05, 0) is 20.8 Å². The summed E-state index contributed by atoms with van der Waals surface area (Å²) in [5, 5.41) is 0. The number of nitrogens with zero attached hydrogens (tertiary/aromatic N) is 1. The molecule has 2 unspecified atom stereocenters. The molecule has 7 heteroatoms. The Morgan fingerprint density at radius 3 is 2.30 bits per heavy atom. The van der Waals surface area contributed by atoms with Crippen LogP contribution in [0.2, 0.25) is 0 Å². The normalized spacial score (nSPS) is 24.6. The number of carbonyl (C=O) groups is 4. The predicted molar refractivity (Wildman–Crippen MR) is 76.2 cm³/mol. The Morgan fingerprint density at radius 2 is 1.90 bits per heavy atom. The molecular formula is C13H21NO5S. The van der Waals surface area contributed by atoms with Crippen LogP contribution in [0.25, 0.3) is 0 Å². The number of thioether (sulfide) groups is 1. The predicted octanol–water partition coefficient (Wildman–Crippen LogP) is 1.02. The minimum Gasteiger partial charge on any atom is -0.464 e. The maximum atomic E-state index is 12.0. The third-order valence-electron chi connectivity index (χ3n) is 3.08. The van der Waals surface area contributed by atoms with Gasteiger partial charge in [0.05, 0.1) is 6.61 Å². The van der Waals surface area contributed by atoms with Gasteiger partial charge in [0.1, 0.15) is 17.7 Å². The van der Waals surface area contributed by atoms with Gasteiger partial charge < -0.3 is 14.4 Å². The highest BCUT2D eigenvalue weighted by molar-refractivity contribution is 8.01. The average molecular weight is 303 g/mol. The fourth-order valence-corrected chi connectivity index (χ4v) is 3.29. The molecule has 114 valence electrons. The standard InChI is InChI=1S/C12H19NO4S.CH2O/c1-5-10(15)13-9(11(16)17-6-2)7-18-12(13,4)8(3)14;1-2/h9H,5-7H2,1-4H3;1H2. The molecule has 20 heavy (non-hydrogen) atoms. The van der Waals surface area contributed by atoms with Crippen molar-refractivity contribution in [3.05, 3.63) is 0 Å². The van der Waals surface area contributed by atoms with Crippen LogP contribution >= 0.6 is 11.8 Å². The summed E-state index contributed by atoms with van der Waals surface area (Å²) in [6.07, 6.45) is 0.263. The van der Waals surface area contributed by atoms with Gasteiger partial charge in [0, 0.05) is 12.2 Å². The zero-order chi connectivity index (χ0) is 15.9. The van der Waals surface area contributed by atoms with Gasteiger partial charge in [-0.3, -0.25) is 9.59 Å². The zero-order valence-corrected chi connectivity index (χ0v) is 13.1. The Labute approximate surface area is 123 Å². The van der Waals surface area contributed by atoms with Crippen LogP contribution in [0.1, 0.15) is 34.1 Å². The molecule has 0 aromatic rings. The van der Waals surface area contributed by atoms with Crippen molar-refractivity contribution < 1.29 is 23.9 Å². The number of hydrogen-bond donors (Lipinski definition) is 0. The molecule has 0 aromatic heterocycles. The molecule has 1 saturated heterocycles. The van der Waals surface area contributed by atoms with Gasteiger partial charge in [0.15, 0.2) is 5.78 Å². The molecule has 1 fully saturated rings. The third kappa shape index (κ3) is 3.59. The van der Waals surface area contributed by atoms with E-state index in [0.717, 1.165) is 0 Å². The highest BCUT2D eigenvalue weighted by atomic mass is 32.2. The lowest BCUT2D eigenvalue weighted by atomic mass is 10.1. The summed E-state index contributed by atoms with van der Waals surface area (Å²) in [6, 6.07) is -0.656. The van der Waals surface area contributed by atoms with Crippen LogP contribution in [0.4, 0.5) is 0 Å². The van der Waals surface area contributed by atoms with Gasteiger partial charge in [-0.25, -0.2) is 4.79 Å². The van der Waals surface area contributed by atoms with Crippen molar-refractivity contribution in [3.8, 4) is 0 Å². The minimum absolute atomic E-state index is 0.124. The molecule has 1 aliphatic heterocycles. The largest absolute Gasteiger partial charge is 0.464 e.